The lowest BCUT2D eigenvalue weighted by Gasteiger charge is -2.00. The van der Waals surface area contributed by atoms with E-state index in [1.165, 1.54) is 11.8 Å². The van der Waals surface area contributed by atoms with E-state index in [4.69, 9.17) is 5.73 Å². The molecule has 2 N–H and O–H groups in total. The van der Waals surface area contributed by atoms with Gasteiger partial charge in [-0.05, 0) is 29.1 Å². The Morgan fingerprint density at radius 1 is 1.40 bits per heavy atom. The minimum atomic E-state index is 0.445. The lowest BCUT2D eigenvalue weighted by molar-refractivity contribution is 0.664. The fourth-order valence-corrected chi connectivity index (χ4v) is 1.81. The number of tetrazole rings is 1. The Kier molecular flexibility index (Phi) is 2.50. The number of rotatable bonds is 2. The summed E-state index contributed by atoms with van der Waals surface area (Å²) in [6.07, 6.45) is 0. The molecule has 0 amide bonds. The number of nitrogen functional groups attached to an aromatic ring is 1. The molecule has 2 rings (SSSR count). The maximum absolute atomic E-state index is 5.60. The standard InChI is InChI=1S/C7H9N7S/c1-4-9-5(8)3-6(10-4)15-7-11-12-13-14(7)2/h3H,1-2H3,(H2,8,9,10). The molecule has 2 aromatic rings. The molecule has 0 radical (unpaired) electrons. The molecule has 8 heteroatoms. The first-order valence-electron chi connectivity index (χ1n) is 4.16. The van der Waals surface area contributed by atoms with Gasteiger partial charge in [-0.3, -0.25) is 0 Å². The predicted octanol–water partition coefficient (Wildman–Crippen LogP) is 0.0419. The number of anilines is 1. The van der Waals surface area contributed by atoms with Gasteiger partial charge in [0.05, 0.1) is 0 Å². The van der Waals surface area contributed by atoms with Gasteiger partial charge in [-0.1, -0.05) is 0 Å². The van der Waals surface area contributed by atoms with E-state index < -0.39 is 0 Å². The van der Waals surface area contributed by atoms with Crippen molar-refractivity contribution in [2.75, 3.05) is 5.73 Å². The zero-order chi connectivity index (χ0) is 10.8. The first kappa shape index (κ1) is 9.84. The highest BCUT2D eigenvalue weighted by atomic mass is 32.2. The van der Waals surface area contributed by atoms with Crippen LogP contribution in [0.15, 0.2) is 16.2 Å². The molecule has 0 aliphatic carbocycles. The number of hydrogen-bond donors (Lipinski definition) is 1. The third-order valence-electron chi connectivity index (χ3n) is 1.61. The van der Waals surface area contributed by atoms with Gasteiger partial charge in [0, 0.05) is 13.1 Å². The number of nitrogens with zero attached hydrogens (tertiary/aromatic N) is 6. The highest BCUT2D eigenvalue weighted by Gasteiger charge is 2.07. The second kappa shape index (κ2) is 3.81. The van der Waals surface area contributed by atoms with Crippen LogP contribution in [0.1, 0.15) is 5.82 Å². The van der Waals surface area contributed by atoms with Gasteiger partial charge in [0.1, 0.15) is 16.7 Å². The fraction of sp³-hybridized carbons (Fsp3) is 0.286. The van der Waals surface area contributed by atoms with Gasteiger partial charge in [0.15, 0.2) is 0 Å². The summed E-state index contributed by atoms with van der Waals surface area (Å²) in [5.41, 5.74) is 5.60. The molecule has 15 heavy (non-hydrogen) atoms. The number of nitrogens with two attached hydrogens (primary N) is 1. The minimum Gasteiger partial charge on any atom is -0.384 e. The van der Waals surface area contributed by atoms with Crippen LogP contribution in [0.2, 0.25) is 0 Å². The van der Waals surface area contributed by atoms with Crippen LogP contribution in [0.25, 0.3) is 0 Å². The number of hydrogen-bond acceptors (Lipinski definition) is 7. The van der Waals surface area contributed by atoms with E-state index in [0.29, 0.717) is 16.8 Å². The molecular formula is C7H9N7S. The Bertz CT molecular complexity index is 460. The molecule has 0 bridgehead atoms. The Morgan fingerprint density at radius 3 is 2.80 bits per heavy atom. The molecule has 0 spiro atoms. The Morgan fingerprint density at radius 2 is 2.20 bits per heavy atom. The van der Waals surface area contributed by atoms with Crippen molar-refractivity contribution in [3.63, 3.8) is 0 Å². The summed E-state index contributed by atoms with van der Waals surface area (Å²) >= 11 is 1.34. The Hall–Kier alpha value is -1.70. The van der Waals surface area contributed by atoms with Crippen molar-refractivity contribution in [1.29, 1.82) is 0 Å². The van der Waals surface area contributed by atoms with E-state index in [2.05, 4.69) is 25.5 Å². The van der Waals surface area contributed by atoms with Crippen LogP contribution >= 0.6 is 11.8 Å². The van der Waals surface area contributed by atoms with Gasteiger partial charge in [0.2, 0.25) is 5.16 Å². The van der Waals surface area contributed by atoms with Crippen LogP contribution in [0.4, 0.5) is 5.82 Å². The van der Waals surface area contributed by atoms with E-state index in [-0.39, 0.29) is 0 Å². The van der Waals surface area contributed by atoms with Crippen LogP contribution in [0.3, 0.4) is 0 Å². The molecule has 2 aromatic heterocycles. The topological polar surface area (TPSA) is 95.4 Å². The van der Waals surface area contributed by atoms with Crippen molar-refractivity contribution in [2.24, 2.45) is 7.05 Å². The summed E-state index contributed by atoms with van der Waals surface area (Å²) < 4.78 is 1.57. The molecule has 0 aliphatic rings. The summed E-state index contributed by atoms with van der Waals surface area (Å²) in [7, 11) is 1.76. The molecule has 0 aromatic carbocycles. The van der Waals surface area contributed by atoms with Crippen LogP contribution in [-0.4, -0.2) is 30.2 Å². The van der Waals surface area contributed by atoms with Crippen LogP contribution in [-0.2, 0) is 7.05 Å². The monoisotopic (exact) mass is 223 g/mol. The van der Waals surface area contributed by atoms with E-state index >= 15 is 0 Å². The fourth-order valence-electron chi connectivity index (χ4n) is 1.02. The van der Waals surface area contributed by atoms with Gasteiger partial charge in [-0.2, -0.15) is 0 Å². The maximum atomic E-state index is 5.60. The van der Waals surface area contributed by atoms with Crippen LogP contribution < -0.4 is 5.73 Å². The summed E-state index contributed by atoms with van der Waals surface area (Å²) in [6, 6.07) is 1.69. The van der Waals surface area contributed by atoms with Crippen molar-refractivity contribution >= 4 is 17.6 Å². The number of aromatic nitrogens is 6. The van der Waals surface area contributed by atoms with Gasteiger partial charge in [0.25, 0.3) is 0 Å². The van der Waals surface area contributed by atoms with Crippen molar-refractivity contribution in [3.05, 3.63) is 11.9 Å². The lowest BCUT2D eigenvalue weighted by atomic mass is 10.5. The van der Waals surface area contributed by atoms with Crippen molar-refractivity contribution < 1.29 is 0 Å². The zero-order valence-electron chi connectivity index (χ0n) is 8.25. The molecule has 2 heterocycles. The van der Waals surface area contributed by atoms with Gasteiger partial charge in [-0.25, -0.2) is 14.6 Å². The minimum absolute atomic E-state index is 0.445. The predicted molar refractivity (Wildman–Crippen MR) is 54.1 cm³/mol. The van der Waals surface area contributed by atoms with Crippen LogP contribution in [0.5, 0.6) is 0 Å². The molecular weight excluding hydrogens is 214 g/mol. The molecule has 7 nitrogen and oxygen atoms in total. The Balaban J connectivity index is 2.28. The highest BCUT2D eigenvalue weighted by Crippen LogP contribution is 2.23. The molecule has 0 unspecified atom stereocenters. The smallest absolute Gasteiger partial charge is 0.215 e. The number of aryl methyl sites for hydroxylation is 2. The zero-order valence-corrected chi connectivity index (χ0v) is 9.06. The molecule has 0 aliphatic heterocycles. The average molecular weight is 223 g/mol. The largest absolute Gasteiger partial charge is 0.384 e. The van der Waals surface area contributed by atoms with E-state index in [1.54, 1.807) is 24.7 Å². The summed E-state index contributed by atoms with van der Waals surface area (Å²) in [6.45, 7) is 1.79. The van der Waals surface area contributed by atoms with Crippen molar-refractivity contribution in [1.82, 2.24) is 30.2 Å². The second-order valence-corrected chi connectivity index (χ2v) is 3.85. The second-order valence-electron chi connectivity index (χ2n) is 2.87. The molecule has 0 fully saturated rings. The van der Waals surface area contributed by atoms with E-state index in [0.717, 1.165) is 5.03 Å². The summed E-state index contributed by atoms with van der Waals surface area (Å²) in [5.74, 6) is 1.08. The van der Waals surface area contributed by atoms with Gasteiger partial charge in [-0.15, -0.1) is 5.10 Å². The quantitative estimate of drug-likeness (QED) is 0.718. The Labute approximate surface area is 90.1 Å². The summed E-state index contributed by atoms with van der Waals surface area (Å²) in [5, 5.41) is 12.5. The van der Waals surface area contributed by atoms with E-state index in [1.807, 2.05) is 0 Å². The maximum Gasteiger partial charge on any atom is 0.215 e. The normalized spacial score (nSPS) is 10.5. The van der Waals surface area contributed by atoms with Crippen LogP contribution in [0, 0.1) is 6.92 Å². The van der Waals surface area contributed by atoms with Crippen molar-refractivity contribution in [3.8, 4) is 0 Å². The lowest BCUT2D eigenvalue weighted by Crippen LogP contribution is -1.98. The first-order chi connectivity index (χ1) is 7.15. The SMILES string of the molecule is Cc1nc(N)cc(Sc2nnnn2C)n1. The molecule has 0 atom stereocenters. The first-order valence-corrected chi connectivity index (χ1v) is 4.98. The average Bonchev–Trinajstić information content (AvgIpc) is 2.50. The van der Waals surface area contributed by atoms with Gasteiger partial charge >= 0.3 is 0 Å². The van der Waals surface area contributed by atoms with Crippen molar-refractivity contribution in [2.45, 2.75) is 17.1 Å². The van der Waals surface area contributed by atoms with E-state index in [9.17, 15) is 0 Å². The molecule has 78 valence electrons. The highest BCUT2D eigenvalue weighted by molar-refractivity contribution is 7.99. The molecule has 0 saturated carbocycles. The van der Waals surface area contributed by atoms with Gasteiger partial charge < -0.3 is 5.73 Å². The third kappa shape index (κ3) is 2.21. The third-order valence-corrected chi connectivity index (χ3v) is 2.56. The summed E-state index contributed by atoms with van der Waals surface area (Å²) in [4.78, 5) is 8.19. The molecule has 0 saturated heterocycles.